The quantitative estimate of drug-likeness (QED) is 0.640. The third kappa shape index (κ3) is 4.40. The van der Waals surface area contributed by atoms with Gasteiger partial charge in [-0.05, 0) is 49.9 Å². The molecule has 0 spiro atoms. The number of hydrogen-bond acceptors (Lipinski definition) is 4. The molecule has 0 saturated heterocycles. The molecule has 2 heterocycles. The number of methoxy groups -OCH3 is 1. The molecule has 1 N–H and O–H groups in total. The van der Waals surface area contributed by atoms with E-state index in [-0.39, 0.29) is 6.03 Å². The van der Waals surface area contributed by atoms with Crippen LogP contribution in [0.4, 0.5) is 16.2 Å². The maximum Gasteiger partial charge on any atom is 0.326 e. The Hall–Kier alpha value is -3.35. The van der Waals surface area contributed by atoms with Gasteiger partial charge >= 0.3 is 6.03 Å². The molecule has 1 aliphatic rings. The molecule has 0 fully saturated rings. The molecule has 31 heavy (non-hydrogen) atoms. The summed E-state index contributed by atoms with van der Waals surface area (Å²) in [6.45, 7) is 5.29. The highest BCUT2D eigenvalue weighted by Gasteiger charge is 2.24. The van der Waals surface area contributed by atoms with E-state index in [0.29, 0.717) is 18.0 Å². The summed E-state index contributed by atoms with van der Waals surface area (Å²) in [6.07, 6.45) is 4.36. The van der Waals surface area contributed by atoms with Crippen LogP contribution < -0.4 is 15.0 Å². The lowest BCUT2D eigenvalue weighted by molar-refractivity contribution is 0.256. The fourth-order valence-corrected chi connectivity index (χ4v) is 4.22. The Labute approximate surface area is 183 Å². The third-order valence-electron chi connectivity index (χ3n) is 5.79. The van der Waals surface area contributed by atoms with Crippen LogP contribution in [-0.4, -0.2) is 27.9 Å². The van der Waals surface area contributed by atoms with E-state index >= 15 is 0 Å². The number of aryl methyl sites for hydroxylation is 3. The van der Waals surface area contributed by atoms with E-state index in [1.54, 1.807) is 12.0 Å². The molecule has 0 unspecified atom stereocenters. The molecule has 2 aromatic carbocycles. The van der Waals surface area contributed by atoms with Crippen molar-refractivity contribution in [3.8, 4) is 5.75 Å². The minimum Gasteiger partial charge on any atom is -0.495 e. The number of carbonyl (C=O) groups is 1. The normalized spacial score (nSPS) is 13.3. The summed E-state index contributed by atoms with van der Waals surface area (Å²) in [5.41, 5.74) is 3.59. The number of para-hydroxylation sites is 3. The molecule has 0 aliphatic carbocycles. The van der Waals surface area contributed by atoms with Crippen molar-refractivity contribution in [2.45, 2.75) is 52.6 Å². The molecule has 3 aromatic rings. The van der Waals surface area contributed by atoms with E-state index in [1.807, 2.05) is 56.3 Å². The molecule has 0 bridgehead atoms. The van der Waals surface area contributed by atoms with Crippen LogP contribution in [0.5, 0.6) is 5.75 Å². The Morgan fingerprint density at radius 1 is 1.06 bits per heavy atom. The number of fused-ring (bicyclic) bond motifs is 1. The number of ether oxygens (including phenoxy) is 1. The number of aromatic nitrogens is 3. The van der Waals surface area contributed by atoms with Crippen LogP contribution in [0.15, 0.2) is 42.5 Å². The topological polar surface area (TPSA) is 72.3 Å². The molecule has 2 amide bonds. The number of amides is 2. The van der Waals surface area contributed by atoms with Crippen molar-refractivity contribution in [1.82, 2.24) is 14.8 Å². The molecule has 4 rings (SSSR count). The Balaban J connectivity index is 1.70. The average Bonchev–Trinajstić information content (AvgIpc) is 2.98. The number of carbonyl (C=O) groups excluding carboxylic acids is 1. The molecule has 1 aromatic heterocycles. The van der Waals surface area contributed by atoms with E-state index < -0.39 is 0 Å². The number of rotatable bonds is 5. The smallest absolute Gasteiger partial charge is 0.326 e. The van der Waals surface area contributed by atoms with Crippen LogP contribution in [0, 0.1) is 13.8 Å². The van der Waals surface area contributed by atoms with Crippen molar-refractivity contribution in [3.63, 3.8) is 0 Å². The first kappa shape index (κ1) is 20.9. The molecular weight excluding hydrogens is 390 g/mol. The standard InChI is InChI=1S/C24H29N5O2/c1-17-10-9-11-18(2)23(17)29(24(30)25-19-12-6-7-13-20(19)31-3)16-22-27-26-21-14-5-4-8-15-28(21)22/h6-7,9-13H,4-5,8,14-16H2,1-3H3,(H,25,30). The Kier molecular flexibility index (Phi) is 6.21. The zero-order valence-corrected chi connectivity index (χ0v) is 18.4. The van der Waals surface area contributed by atoms with Gasteiger partial charge in [-0.2, -0.15) is 0 Å². The van der Waals surface area contributed by atoms with Crippen molar-refractivity contribution in [2.24, 2.45) is 0 Å². The molecule has 7 heteroatoms. The zero-order valence-electron chi connectivity index (χ0n) is 18.4. The van der Waals surface area contributed by atoms with Gasteiger partial charge in [0, 0.05) is 13.0 Å². The minimum absolute atomic E-state index is 0.229. The molecule has 7 nitrogen and oxygen atoms in total. The minimum atomic E-state index is -0.229. The van der Waals surface area contributed by atoms with Crippen molar-refractivity contribution < 1.29 is 9.53 Å². The lowest BCUT2D eigenvalue weighted by Crippen LogP contribution is -2.36. The second kappa shape index (κ2) is 9.20. The third-order valence-corrected chi connectivity index (χ3v) is 5.79. The summed E-state index contributed by atoms with van der Waals surface area (Å²) in [6, 6.07) is 13.2. The largest absolute Gasteiger partial charge is 0.495 e. The molecular formula is C24H29N5O2. The van der Waals surface area contributed by atoms with Gasteiger partial charge in [-0.3, -0.25) is 4.90 Å². The van der Waals surface area contributed by atoms with E-state index in [2.05, 4.69) is 20.1 Å². The summed E-state index contributed by atoms with van der Waals surface area (Å²) in [5, 5.41) is 11.9. The van der Waals surface area contributed by atoms with Gasteiger partial charge < -0.3 is 14.6 Å². The van der Waals surface area contributed by atoms with Crippen LogP contribution in [0.1, 0.15) is 42.0 Å². The number of nitrogens with zero attached hydrogens (tertiary/aromatic N) is 4. The SMILES string of the molecule is COc1ccccc1NC(=O)N(Cc1nnc2n1CCCCC2)c1c(C)cccc1C. The predicted octanol–water partition coefficient (Wildman–Crippen LogP) is 4.87. The second-order valence-electron chi connectivity index (χ2n) is 7.95. The Bertz CT molecular complexity index is 1060. The highest BCUT2D eigenvalue weighted by atomic mass is 16.5. The number of urea groups is 1. The first-order valence-corrected chi connectivity index (χ1v) is 10.8. The van der Waals surface area contributed by atoms with E-state index in [4.69, 9.17) is 4.74 Å². The fourth-order valence-electron chi connectivity index (χ4n) is 4.22. The molecule has 1 aliphatic heterocycles. The zero-order chi connectivity index (χ0) is 21.8. The lowest BCUT2D eigenvalue weighted by Gasteiger charge is -2.27. The highest BCUT2D eigenvalue weighted by Crippen LogP contribution is 2.29. The van der Waals surface area contributed by atoms with Crippen molar-refractivity contribution in [3.05, 3.63) is 65.2 Å². The Morgan fingerprint density at radius 2 is 1.84 bits per heavy atom. The number of anilines is 2. The molecule has 0 saturated carbocycles. The maximum absolute atomic E-state index is 13.5. The summed E-state index contributed by atoms with van der Waals surface area (Å²) < 4.78 is 7.60. The van der Waals surface area contributed by atoms with Gasteiger partial charge in [0.05, 0.1) is 25.0 Å². The van der Waals surface area contributed by atoms with Gasteiger partial charge in [0.1, 0.15) is 11.6 Å². The van der Waals surface area contributed by atoms with Crippen molar-refractivity contribution in [2.75, 3.05) is 17.3 Å². The number of nitrogens with one attached hydrogen (secondary N) is 1. The first-order chi connectivity index (χ1) is 15.1. The van der Waals surface area contributed by atoms with E-state index in [0.717, 1.165) is 54.3 Å². The van der Waals surface area contributed by atoms with Crippen molar-refractivity contribution in [1.29, 1.82) is 0 Å². The van der Waals surface area contributed by atoms with Crippen LogP contribution in [0.2, 0.25) is 0 Å². The summed E-state index contributed by atoms with van der Waals surface area (Å²) in [5.74, 6) is 2.45. The van der Waals surface area contributed by atoms with Gasteiger partial charge in [0.2, 0.25) is 0 Å². The summed E-state index contributed by atoms with van der Waals surface area (Å²) in [7, 11) is 1.60. The van der Waals surface area contributed by atoms with Crippen molar-refractivity contribution >= 4 is 17.4 Å². The number of hydrogen-bond donors (Lipinski definition) is 1. The monoisotopic (exact) mass is 419 g/mol. The average molecular weight is 420 g/mol. The first-order valence-electron chi connectivity index (χ1n) is 10.8. The Morgan fingerprint density at radius 3 is 2.61 bits per heavy atom. The van der Waals surface area contributed by atoms with E-state index in [9.17, 15) is 4.79 Å². The van der Waals surface area contributed by atoms with Crippen LogP contribution in [-0.2, 0) is 19.5 Å². The second-order valence-corrected chi connectivity index (χ2v) is 7.95. The number of benzene rings is 2. The molecule has 162 valence electrons. The molecule has 0 atom stereocenters. The lowest BCUT2D eigenvalue weighted by atomic mass is 10.1. The highest BCUT2D eigenvalue weighted by molar-refractivity contribution is 6.03. The summed E-state index contributed by atoms with van der Waals surface area (Å²) >= 11 is 0. The maximum atomic E-state index is 13.5. The van der Waals surface area contributed by atoms with Gasteiger partial charge in [-0.1, -0.05) is 36.8 Å². The van der Waals surface area contributed by atoms with Gasteiger partial charge in [-0.15, -0.1) is 10.2 Å². The van der Waals surface area contributed by atoms with Crippen LogP contribution in [0.25, 0.3) is 0 Å². The van der Waals surface area contributed by atoms with Gasteiger partial charge in [0.25, 0.3) is 0 Å². The molecule has 0 radical (unpaired) electrons. The fraction of sp³-hybridized carbons (Fsp3) is 0.375. The van der Waals surface area contributed by atoms with Gasteiger partial charge in [-0.25, -0.2) is 4.79 Å². The van der Waals surface area contributed by atoms with E-state index in [1.165, 1.54) is 6.42 Å². The van der Waals surface area contributed by atoms with Crippen LogP contribution >= 0.6 is 0 Å². The summed E-state index contributed by atoms with van der Waals surface area (Å²) in [4.78, 5) is 15.3. The van der Waals surface area contributed by atoms with Gasteiger partial charge in [0.15, 0.2) is 5.82 Å². The van der Waals surface area contributed by atoms with Crippen LogP contribution in [0.3, 0.4) is 0 Å². The predicted molar refractivity (Wildman–Crippen MR) is 122 cm³/mol.